The molecule has 1 aliphatic rings. The lowest BCUT2D eigenvalue weighted by molar-refractivity contribution is 0.360. The molecule has 1 aromatic rings. The molecule has 1 saturated heterocycles. The van der Waals surface area contributed by atoms with Crippen molar-refractivity contribution in [2.24, 2.45) is 0 Å². The van der Waals surface area contributed by atoms with Crippen LogP contribution in [-0.4, -0.2) is 54.4 Å². The smallest absolute Gasteiger partial charge is 0.189 e. The van der Waals surface area contributed by atoms with Gasteiger partial charge in [-0.05, 0) is 32.3 Å². The molecule has 1 aromatic heterocycles. The van der Waals surface area contributed by atoms with Crippen molar-refractivity contribution in [3.8, 4) is 0 Å². The summed E-state index contributed by atoms with van der Waals surface area (Å²) in [4.78, 5) is 13.5. The molecule has 0 amide bonds. The maximum absolute atomic E-state index is 4.54. The molecule has 88 valence electrons. The predicted octanol–water partition coefficient (Wildman–Crippen LogP) is 1.34. The number of hydrogen-bond donors (Lipinski definition) is 0. The van der Waals surface area contributed by atoms with Crippen LogP contribution < -0.4 is 4.90 Å². The maximum atomic E-state index is 4.54. The molecule has 0 spiro atoms. The first-order valence-corrected chi connectivity index (χ1v) is 6.82. The molecule has 2 rings (SSSR count). The van der Waals surface area contributed by atoms with Crippen LogP contribution in [0.25, 0.3) is 0 Å². The van der Waals surface area contributed by atoms with Crippen LogP contribution in [0.4, 0.5) is 5.82 Å². The molecular formula is C11H18N4S. The van der Waals surface area contributed by atoms with Crippen LogP contribution >= 0.6 is 11.8 Å². The number of hydrogen-bond acceptors (Lipinski definition) is 5. The Hall–Kier alpha value is -0.810. The fourth-order valence-corrected chi connectivity index (χ4v) is 2.23. The van der Waals surface area contributed by atoms with Gasteiger partial charge in [0.2, 0.25) is 0 Å². The standard InChI is InChI=1S/C11H18N4S/c1-14-6-3-7-15(9-8-14)10-4-5-12-11(13-10)16-2/h4-5H,3,6-9H2,1-2H3. The van der Waals surface area contributed by atoms with E-state index in [0.29, 0.717) is 0 Å². The summed E-state index contributed by atoms with van der Waals surface area (Å²) < 4.78 is 0. The van der Waals surface area contributed by atoms with E-state index in [1.807, 2.05) is 18.5 Å². The second-order valence-electron chi connectivity index (χ2n) is 4.05. The van der Waals surface area contributed by atoms with Gasteiger partial charge in [-0.15, -0.1) is 0 Å². The molecule has 0 aromatic carbocycles. The van der Waals surface area contributed by atoms with Crippen LogP contribution in [0.1, 0.15) is 6.42 Å². The highest BCUT2D eigenvalue weighted by atomic mass is 32.2. The first kappa shape index (κ1) is 11.7. The molecule has 0 unspecified atom stereocenters. The Balaban J connectivity index is 2.10. The molecule has 1 aliphatic heterocycles. The number of anilines is 1. The summed E-state index contributed by atoms with van der Waals surface area (Å²) in [6.45, 7) is 4.44. The molecule has 1 fully saturated rings. The van der Waals surface area contributed by atoms with Crippen molar-refractivity contribution in [2.75, 3.05) is 44.4 Å². The molecule has 0 N–H and O–H groups in total. The lowest BCUT2D eigenvalue weighted by atomic mass is 10.4. The SMILES string of the molecule is CSc1nccc(N2CCCN(C)CC2)n1. The zero-order valence-electron chi connectivity index (χ0n) is 9.89. The minimum absolute atomic E-state index is 0.857. The minimum atomic E-state index is 0.857. The molecule has 0 radical (unpaired) electrons. The lowest BCUT2D eigenvalue weighted by Crippen LogP contribution is -2.29. The van der Waals surface area contributed by atoms with Crippen molar-refractivity contribution < 1.29 is 0 Å². The maximum Gasteiger partial charge on any atom is 0.189 e. The van der Waals surface area contributed by atoms with Crippen molar-refractivity contribution >= 4 is 17.6 Å². The van der Waals surface area contributed by atoms with Crippen molar-refractivity contribution in [3.63, 3.8) is 0 Å². The quantitative estimate of drug-likeness (QED) is 0.573. The Labute approximate surface area is 101 Å². The molecule has 0 saturated carbocycles. The van der Waals surface area contributed by atoms with Gasteiger partial charge in [0.05, 0.1) is 0 Å². The lowest BCUT2D eigenvalue weighted by Gasteiger charge is -2.21. The molecule has 0 aliphatic carbocycles. The van der Waals surface area contributed by atoms with Gasteiger partial charge >= 0.3 is 0 Å². The van der Waals surface area contributed by atoms with E-state index in [-0.39, 0.29) is 0 Å². The fraction of sp³-hybridized carbons (Fsp3) is 0.636. The van der Waals surface area contributed by atoms with E-state index in [9.17, 15) is 0 Å². The second kappa shape index (κ2) is 5.50. The summed E-state index contributed by atoms with van der Waals surface area (Å²) in [7, 11) is 2.18. The summed E-state index contributed by atoms with van der Waals surface area (Å²) in [6.07, 6.45) is 5.06. The Morgan fingerprint density at radius 1 is 1.25 bits per heavy atom. The summed E-state index contributed by atoms with van der Waals surface area (Å²) in [6, 6.07) is 2.00. The van der Waals surface area contributed by atoms with Crippen LogP contribution in [-0.2, 0) is 0 Å². The Bertz CT molecular complexity index is 345. The highest BCUT2D eigenvalue weighted by molar-refractivity contribution is 7.98. The topological polar surface area (TPSA) is 32.3 Å². The van der Waals surface area contributed by atoms with E-state index < -0.39 is 0 Å². The van der Waals surface area contributed by atoms with Crippen LogP contribution in [0.5, 0.6) is 0 Å². The van der Waals surface area contributed by atoms with Gasteiger partial charge in [0.25, 0.3) is 0 Å². The average molecular weight is 238 g/mol. The normalized spacial score (nSPS) is 18.5. The van der Waals surface area contributed by atoms with Crippen LogP contribution in [0, 0.1) is 0 Å². The van der Waals surface area contributed by atoms with Crippen LogP contribution in [0.15, 0.2) is 17.4 Å². The van der Waals surface area contributed by atoms with Gasteiger partial charge in [-0.1, -0.05) is 11.8 Å². The molecule has 5 heteroatoms. The molecule has 2 heterocycles. The predicted molar refractivity (Wildman–Crippen MR) is 68.1 cm³/mol. The average Bonchev–Trinajstić information content (AvgIpc) is 2.54. The number of aromatic nitrogens is 2. The van der Waals surface area contributed by atoms with Crippen molar-refractivity contribution in [1.29, 1.82) is 0 Å². The largest absolute Gasteiger partial charge is 0.355 e. The van der Waals surface area contributed by atoms with Crippen molar-refractivity contribution in [1.82, 2.24) is 14.9 Å². The van der Waals surface area contributed by atoms with Gasteiger partial charge in [0, 0.05) is 25.8 Å². The van der Waals surface area contributed by atoms with Gasteiger partial charge in [-0.2, -0.15) is 0 Å². The van der Waals surface area contributed by atoms with Gasteiger partial charge in [-0.3, -0.25) is 0 Å². The number of nitrogens with zero attached hydrogens (tertiary/aromatic N) is 4. The molecule has 4 nitrogen and oxygen atoms in total. The van der Waals surface area contributed by atoms with Gasteiger partial charge in [0.15, 0.2) is 5.16 Å². The van der Waals surface area contributed by atoms with Gasteiger partial charge in [-0.25, -0.2) is 9.97 Å². The number of likely N-dealkylation sites (N-methyl/N-ethyl adjacent to an activating group) is 1. The molecule has 0 atom stereocenters. The van der Waals surface area contributed by atoms with Crippen molar-refractivity contribution in [3.05, 3.63) is 12.3 Å². The van der Waals surface area contributed by atoms with Crippen LogP contribution in [0.2, 0.25) is 0 Å². The first-order valence-electron chi connectivity index (χ1n) is 5.60. The van der Waals surface area contributed by atoms with E-state index >= 15 is 0 Å². The second-order valence-corrected chi connectivity index (χ2v) is 4.82. The fourth-order valence-electron chi connectivity index (χ4n) is 1.88. The highest BCUT2D eigenvalue weighted by Crippen LogP contribution is 2.16. The highest BCUT2D eigenvalue weighted by Gasteiger charge is 2.13. The molecular weight excluding hydrogens is 220 g/mol. The Morgan fingerprint density at radius 3 is 2.94 bits per heavy atom. The third-order valence-electron chi connectivity index (χ3n) is 2.84. The zero-order chi connectivity index (χ0) is 11.4. The first-order chi connectivity index (χ1) is 7.79. The van der Waals surface area contributed by atoms with Gasteiger partial charge < -0.3 is 9.80 Å². The van der Waals surface area contributed by atoms with E-state index in [0.717, 1.165) is 30.6 Å². The van der Waals surface area contributed by atoms with E-state index in [1.54, 1.807) is 11.8 Å². The van der Waals surface area contributed by atoms with Crippen molar-refractivity contribution in [2.45, 2.75) is 11.6 Å². The van der Waals surface area contributed by atoms with E-state index in [1.165, 1.54) is 13.0 Å². The summed E-state index contributed by atoms with van der Waals surface area (Å²) >= 11 is 1.59. The van der Waals surface area contributed by atoms with Crippen LogP contribution in [0.3, 0.4) is 0 Å². The third-order valence-corrected chi connectivity index (χ3v) is 3.41. The summed E-state index contributed by atoms with van der Waals surface area (Å²) in [5, 5.41) is 0.857. The Morgan fingerprint density at radius 2 is 2.12 bits per heavy atom. The van der Waals surface area contributed by atoms with E-state index in [4.69, 9.17) is 0 Å². The number of thioether (sulfide) groups is 1. The molecule has 16 heavy (non-hydrogen) atoms. The Kier molecular flexibility index (Phi) is 4.01. The monoisotopic (exact) mass is 238 g/mol. The number of rotatable bonds is 2. The molecule has 0 bridgehead atoms. The third kappa shape index (κ3) is 2.86. The van der Waals surface area contributed by atoms with Gasteiger partial charge in [0.1, 0.15) is 5.82 Å². The summed E-state index contributed by atoms with van der Waals surface area (Å²) in [5.41, 5.74) is 0. The zero-order valence-corrected chi connectivity index (χ0v) is 10.7. The minimum Gasteiger partial charge on any atom is -0.355 e. The summed E-state index contributed by atoms with van der Waals surface area (Å²) in [5.74, 6) is 1.06. The van der Waals surface area contributed by atoms with E-state index in [2.05, 4.69) is 26.8 Å².